The molecule has 1 amide bonds. The molecule has 0 spiro atoms. The normalized spacial score (nSPS) is 12.1. The molecule has 2 aromatic rings. The third-order valence-electron chi connectivity index (χ3n) is 2.73. The molecule has 2 N–H and O–H groups in total. The van der Waals surface area contributed by atoms with Gasteiger partial charge in [-0.2, -0.15) is 5.10 Å². The number of hydrogen-bond donors (Lipinski definition) is 1. The highest BCUT2D eigenvalue weighted by Gasteiger charge is 2.23. The minimum absolute atomic E-state index is 0.284. The second-order valence-corrected chi connectivity index (χ2v) is 4.36. The maximum atomic E-state index is 11.7. The first-order chi connectivity index (χ1) is 8.59. The van der Waals surface area contributed by atoms with Crippen molar-refractivity contribution < 1.29 is 4.79 Å². The van der Waals surface area contributed by atoms with E-state index in [2.05, 4.69) is 10.2 Å². The number of carbonyl (C=O) groups excluding carboxylic acids is 1. The Bertz CT molecular complexity index is 569. The Labute approximate surface area is 110 Å². The van der Waals surface area contributed by atoms with Gasteiger partial charge in [0.2, 0.25) is 5.91 Å². The van der Waals surface area contributed by atoms with Gasteiger partial charge in [0.05, 0.1) is 5.69 Å². The standard InChI is InChI=1S/C13H12ClN3O/c1-8-4-2-3-5-9(8)12(13(15)18)10-6-7-11(14)17-16-10/h2-7,12H,1H3,(H2,15,18). The highest BCUT2D eigenvalue weighted by atomic mass is 35.5. The third-order valence-corrected chi connectivity index (χ3v) is 2.93. The van der Waals surface area contributed by atoms with Gasteiger partial charge in [-0.05, 0) is 30.2 Å². The first-order valence-corrected chi connectivity index (χ1v) is 5.81. The van der Waals surface area contributed by atoms with E-state index in [4.69, 9.17) is 17.3 Å². The summed E-state index contributed by atoms with van der Waals surface area (Å²) in [6.45, 7) is 1.93. The molecule has 0 fully saturated rings. The Morgan fingerprint density at radius 2 is 1.94 bits per heavy atom. The molecule has 1 atom stereocenters. The summed E-state index contributed by atoms with van der Waals surface area (Å²) in [4.78, 5) is 11.7. The second-order valence-electron chi connectivity index (χ2n) is 3.97. The van der Waals surface area contributed by atoms with Gasteiger partial charge in [-0.1, -0.05) is 35.9 Å². The summed E-state index contributed by atoms with van der Waals surface area (Å²) in [5.74, 6) is -1.06. The van der Waals surface area contributed by atoms with Gasteiger partial charge in [-0.3, -0.25) is 4.79 Å². The number of nitrogens with two attached hydrogens (primary N) is 1. The number of benzene rings is 1. The van der Waals surface area contributed by atoms with Crippen molar-refractivity contribution in [3.8, 4) is 0 Å². The van der Waals surface area contributed by atoms with Crippen LogP contribution in [-0.2, 0) is 4.79 Å². The number of amides is 1. The molecule has 92 valence electrons. The van der Waals surface area contributed by atoms with Crippen molar-refractivity contribution in [1.29, 1.82) is 0 Å². The highest BCUT2D eigenvalue weighted by Crippen LogP contribution is 2.25. The number of carbonyl (C=O) groups is 1. The van der Waals surface area contributed by atoms with Crippen LogP contribution in [0.1, 0.15) is 22.7 Å². The van der Waals surface area contributed by atoms with E-state index in [1.54, 1.807) is 12.1 Å². The number of primary amides is 1. The third kappa shape index (κ3) is 2.49. The minimum atomic E-state index is -0.601. The summed E-state index contributed by atoms with van der Waals surface area (Å²) >= 11 is 5.68. The zero-order chi connectivity index (χ0) is 13.1. The van der Waals surface area contributed by atoms with Crippen molar-refractivity contribution in [3.63, 3.8) is 0 Å². The molecular formula is C13H12ClN3O. The fourth-order valence-corrected chi connectivity index (χ4v) is 1.95. The van der Waals surface area contributed by atoms with Crippen LogP contribution in [0, 0.1) is 6.92 Å². The lowest BCUT2D eigenvalue weighted by Gasteiger charge is -2.15. The van der Waals surface area contributed by atoms with Crippen molar-refractivity contribution in [3.05, 3.63) is 58.4 Å². The first-order valence-electron chi connectivity index (χ1n) is 5.43. The minimum Gasteiger partial charge on any atom is -0.369 e. The Morgan fingerprint density at radius 1 is 1.22 bits per heavy atom. The molecule has 0 saturated carbocycles. The zero-order valence-electron chi connectivity index (χ0n) is 9.80. The van der Waals surface area contributed by atoms with E-state index in [0.29, 0.717) is 5.69 Å². The van der Waals surface area contributed by atoms with Crippen molar-refractivity contribution >= 4 is 17.5 Å². The average Bonchev–Trinajstić information content (AvgIpc) is 2.34. The molecule has 0 saturated heterocycles. The van der Waals surface area contributed by atoms with E-state index in [0.717, 1.165) is 11.1 Å². The number of rotatable bonds is 3. The van der Waals surface area contributed by atoms with Crippen LogP contribution in [0.2, 0.25) is 5.15 Å². The lowest BCUT2D eigenvalue weighted by Crippen LogP contribution is -2.24. The molecule has 1 aromatic carbocycles. The zero-order valence-corrected chi connectivity index (χ0v) is 10.6. The molecule has 1 aromatic heterocycles. The summed E-state index contributed by atoms with van der Waals surface area (Å²) in [6.07, 6.45) is 0. The Hall–Kier alpha value is -1.94. The Balaban J connectivity index is 2.50. The van der Waals surface area contributed by atoms with E-state index < -0.39 is 11.8 Å². The van der Waals surface area contributed by atoms with E-state index in [9.17, 15) is 4.79 Å². The molecule has 0 aliphatic carbocycles. The highest BCUT2D eigenvalue weighted by molar-refractivity contribution is 6.29. The molecule has 18 heavy (non-hydrogen) atoms. The first kappa shape index (κ1) is 12.5. The maximum Gasteiger partial charge on any atom is 0.231 e. The predicted octanol–water partition coefficient (Wildman–Crippen LogP) is 2.06. The Kier molecular flexibility index (Phi) is 3.58. The van der Waals surface area contributed by atoms with Crippen LogP contribution < -0.4 is 5.73 Å². The lowest BCUT2D eigenvalue weighted by atomic mass is 9.91. The molecule has 2 rings (SSSR count). The van der Waals surface area contributed by atoms with Crippen LogP contribution in [0.3, 0.4) is 0 Å². The van der Waals surface area contributed by atoms with Crippen molar-refractivity contribution in [2.24, 2.45) is 5.73 Å². The van der Waals surface area contributed by atoms with Crippen LogP contribution in [0.5, 0.6) is 0 Å². The fourth-order valence-electron chi connectivity index (χ4n) is 1.85. The Morgan fingerprint density at radius 3 is 2.50 bits per heavy atom. The van der Waals surface area contributed by atoms with Crippen molar-refractivity contribution in [2.45, 2.75) is 12.8 Å². The summed E-state index contributed by atoms with van der Waals surface area (Å²) in [7, 11) is 0. The molecule has 1 unspecified atom stereocenters. The molecular weight excluding hydrogens is 250 g/mol. The predicted molar refractivity (Wildman–Crippen MR) is 69.3 cm³/mol. The SMILES string of the molecule is Cc1ccccc1C(C(N)=O)c1ccc(Cl)nn1. The van der Waals surface area contributed by atoms with E-state index in [1.807, 2.05) is 31.2 Å². The second kappa shape index (κ2) is 5.14. The fraction of sp³-hybridized carbons (Fsp3) is 0.154. The summed E-state index contributed by atoms with van der Waals surface area (Å²) in [6, 6.07) is 10.8. The van der Waals surface area contributed by atoms with Crippen LogP contribution in [0.4, 0.5) is 0 Å². The van der Waals surface area contributed by atoms with Gasteiger partial charge in [0.1, 0.15) is 5.92 Å². The van der Waals surface area contributed by atoms with E-state index >= 15 is 0 Å². The van der Waals surface area contributed by atoms with Gasteiger partial charge >= 0.3 is 0 Å². The number of hydrogen-bond acceptors (Lipinski definition) is 3. The quantitative estimate of drug-likeness (QED) is 0.919. The average molecular weight is 262 g/mol. The molecule has 0 radical (unpaired) electrons. The molecule has 5 heteroatoms. The largest absolute Gasteiger partial charge is 0.369 e. The smallest absolute Gasteiger partial charge is 0.231 e. The van der Waals surface area contributed by atoms with Gasteiger partial charge in [-0.25, -0.2) is 0 Å². The monoisotopic (exact) mass is 261 g/mol. The van der Waals surface area contributed by atoms with Gasteiger partial charge in [0, 0.05) is 0 Å². The number of nitrogens with zero attached hydrogens (tertiary/aromatic N) is 2. The van der Waals surface area contributed by atoms with Crippen LogP contribution >= 0.6 is 11.6 Å². The van der Waals surface area contributed by atoms with Crippen molar-refractivity contribution in [1.82, 2.24) is 10.2 Å². The summed E-state index contributed by atoms with van der Waals surface area (Å²) in [5.41, 5.74) is 7.79. The summed E-state index contributed by atoms with van der Waals surface area (Å²) in [5, 5.41) is 7.96. The molecule has 1 heterocycles. The number of aryl methyl sites for hydroxylation is 1. The van der Waals surface area contributed by atoms with Crippen LogP contribution in [0.25, 0.3) is 0 Å². The van der Waals surface area contributed by atoms with E-state index in [-0.39, 0.29) is 5.15 Å². The van der Waals surface area contributed by atoms with Gasteiger partial charge in [0.25, 0.3) is 0 Å². The molecule has 0 aliphatic heterocycles. The van der Waals surface area contributed by atoms with Crippen LogP contribution in [0.15, 0.2) is 36.4 Å². The number of aromatic nitrogens is 2. The van der Waals surface area contributed by atoms with E-state index in [1.165, 1.54) is 0 Å². The maximum absolute atomic E-state index is 11.7. The molecule has 0 bridgehead atoms. The molecule has 4 nitrogen and oxygen atoms in total. The number of halogens is 1. The van der Waals surface area contributed by atoms with Gasteiger partial charge in [-0.15, -0.1) is 5.10 Å². The topological polar surface area (TPSA) is 68.9 Å². The van der Waals surface area contributed by atoms with Crippen molar-refractivity contribution in [2.75, 3.05) is 0 Å². The summed E-state index contributed by atoms with van der Waals surface area (Å²) < 4.78 is 0. The van der Waals surface area contributed by atoms with Gasteiger partial charge < -0.3 is 5.73 Å². The molecule has 0 aliphatic rings. The van der Waals surface area contributed by atoms with Crippen LogP contribution in [-0.4, -0.2) is 16.1 Å². The lowest BCUT2D eigenvalue weighted by molar-refractivity contribution is -0.118. The van der Waals surface area contributed by atoms with Gasteiger partial charge in [0.15, 0.2) is 5.15 Å².